The fourth-order valence-electron chi connectivity index (χ4n) is 2.98. The molecule has 5 nitrogen and oxygen atoms in total. The van der Waals surface area contributed by atoms with Gasteiger partial charge in [0.1, 0.15) is 5.75 Å². The van der Waals surface area contributed by atoms with Gasteiger partial charge in [0.15, 0.2) is 0 Å². The summed E-state index contributed by atoms with van der Waals surface area (Å²) >= 11 is 0. The van der Waals surface area contributed by atoms with Crippen molar-refractivity contribution >= 4 is 17.5 Å². The number of nitrogens with one attached hydrogen (secondary N) is 2. The average Bonchev–Trinajstić information content (AvgIpc) is 3.51. The van der Waals surface area contributed by atoms with E-state index in [4.69, 9.17) is 4.74 Å². The Morgan fingerprint density at radius 3 is 2.50 bits per heavy atom. The molecule has 0 spiro atoms. The quantitative estimate of drug-likeness (QED) is 0.717. The number of rotatable bonds is 8. The molecule has 0 aliphatic heterocycles. The van der Waals surface area contributed by atoms with Crippen LogP contribution in [0.25, 0.3) is 0 Å². The van der Waals surface area contributed by atoms with E-state index < -0.39 is 0 Å². The van der Waals surface area contributed by atoms with Crippen LogP contribution in [-0.4, -0.2) is 18.4 Å². The van der Waals surface area contributed by atoms with Crippen LogP contribution in [0.15, 0.2) is 42.5 Å². The van der Waals surface area contributed by atoms with E-state index in [1.807, 2.05) is 63.2 Å². The van der Waals surface area contributed by atoms with Crippen LogP contribution in [0.4, 0.5) is 5.69 Å². The van der Waals surface area contributed by atoms with Crippen LogP contribution >= 0.6 is 0 Å². The molecule has 1 aliphatic rings. The van der Waals surface area contributed by atoms with Crippen molar-refractivity contribution in [2.24, 2.45) is 5.92 Å². The third kappa shape index (κ3) is 5.35. The normalized spacial score (nSPS) is 14.2. The summed E-state index contributed by atoms with van der Waals surface area (Å²) in [6.45, 7) is 6.35. The molecule has 0 bridgehead atoms. The fourth-order valence-corrected chi connectivity index (χ4v) is 2.98. The summed E-state index contributed by atoms with van der Waals surface area (Å²) in [6.07, 6.45) is 2.27. The molecule has 5 heteroatoms. The summed E-state index contributed by atoms with van der Waals surface area (Å²) in [6, 6.07) is 13.4. The maximum Gasteiger partial charge on any atom is 0.227 e. The van der Waals surface area contributed by atoms with Crippen molar-refractivity contribution in [2.45, 2.75) is 46.1 Å². The highest BCUT2D eigenvalue weighted by molar-refractivity contribution is 5.94. The zero-order valence-corrected chi connectivity index (χ0v) is 16.7. The summed E-state index contributed by atoms with van der Waals surface area (Å²) < 4.78 is 5.75. The number of benzene rings is 2. The van der Waals surface area contributed by atoms with Crippen molar-refractivity contribution in [2.75, 3.05) is 11.9 Å². The van der Waals surface area contributed by atoms with Crippen LogP contribution in [0.2, 0.25) is 0 Å². The van der Waals surface area contributed by atoms with Gasteiger partial charge >= 0.3 is 0 Å². The van der Waals surface area contributed by atoms with Gasteiger partial charge in [0.2, 0.25) is 11.8 Å². The van der Waals surface area contributed by atoms with Crippen LogP contribution in [0.1, 0.15) is 48.9 Å². The molecule has 0 heterocycles. The topological polar surface area (TPSA) is 67.4 Å². The molecule has 1 atom stereocenters. The van der Waals surface area contributed by atoms with E-state index in [0.29, 0.717) is 13.0 Å². The van der Waals surface area contributed by atoms with Gasteiger partial charge in [-0.2, -0.15) is 0 Å². The first-order chi connectivity index (χ1) is 13.4. The number of ether oxygens (including phenoxy) is 1. The van der Waals surface area contributed by atoms with E-state index in [-0.39, 0.29) is 23.8 Å². The molecule has 2 aromatic carbocycles. The minimum Gasteiger partial charge on any atom is -0.493 e. The largest absolute Gasteiger partial charge is 0.493 e. The van der Waals surface area contributed by atoms with Crippen LogP contribution in [0, 0.1) is 19.8 Å². The third-order valence-corrected chi connectivity index (χ3v) is 5.15. The molecule has 2 amide bonds. The molecule has 1 unspecified atom stereocenters. The maximum absolute atomic E-state index is 12.2. The van der Waals surface area contributed by atoms with Gasteiger partial charge in [0, 0.05) is 11.6 Å². The van der Waals surface area contributed by atoms with Gasteiger partial charge in [-0.25, -0.2) is 0 Å². The molecular weight excluding hydrogens is 352 g/mol. The molecular formula is C23H28N2O3. The van der Waals surface area contributed by atoms with E-state index in [0.717, 1.165) is 35.4 Å². The first kappa shape index (κ1) is 19.9. The maximum atomic E-state index is 12.2. The number of carbonyl (C=O) groups is 2. The van der Waals surface area contributed by atoms with Gasteiger partial charge < -0.3 is 15.4 Å². The van der Waals surface area contributed by atoms with Gasteiger partial charge in [-0.15, -0.1) is 0 Å². The minimum absolute atomic E-state index is 0.0519. The lowest BCUT2D eigenvalue weighted by Gasteiger charge is -2.16. The lowest BCUT2D eigenvalue weighted by atomic mass is 10.1. The summed E-state index contributed by atoms with van der Waals surface area (Å²) in [5.41, 5.74) is 4.06. The molecule has 0 saturated heterocycles. The average molecular weight is 380 g/mol. The van der Waals surface area contributed by atoms with Crippen molar-refractivity contribution < 1.29 is 14.3 Å². The van der Waals surface area contributed by atoms with E-state index in [1.54, 1.807) is 0 Å². The molecule has 1 aliphatic carbocycles. The van der Waals surface area contributed by atoms with Crippen LogP contribution in [0.3, 0.4) is 0 Å². The molecule has 28 heavy (non-hydrogen) atoms. The first-order valence-corrected chi connectivity index (χ1v) is 9.83. The van der Waals surface area contributed by atoms with E-state index in [2.05, 4.69) is 10.6 Å². The van der Waals surface area contributed by atoms with Crippen LogP contribution in [-0.2, 0) is 9.59 Å². The molecule has 0 aromatic heterocycles. The number of hydrogen-bond acceptors (Lipinski definition) is 3. The SMILES string of the molecule is Cc1cccc(OCCC(=O)NC(C)c2ccc(NC(=O)C3CC3)cc2)c1C. The van der Waals surface area contributed by atoms with Crippen LogP contribution in [0.5, 0.6) is 5.75 Å². The Labute approximate surface area is 166 Å². The van der Waals surface area contributed by atoms with Crippen molar-refractivity contribution in [3.63, 3.8) is 0 Å². The molecule has 148 valence electrons. The number of anilines is 1. The molecule has 3 rings (SSSR count). The number of amides is 2. The summed E-state index contributed by atoms with van der Waals surface area (Å²) in [5.74, 6) is 1.05. The van der Waals surface area contributed by atoms with E-state index >= 15 is 0 Å². The summed E-state index contributed by atoms with van der Waals surface area (Å²) in [7, 11) is 0. The number of aryl methyl sites for hydroxylation is 1. The fraction of sp³-hybridized carbons (Fsp3) is 0.391. The zero-order chi connectivity index (χ0) is 20.1. The Kier molecular flexibility index (Phi) is 6.34. The van der Waals surface area contributed by atoms with Gasteiger partial charge in [0.05, 0.1) is 19.1 Å². The standard InChI is InChI=1S/C23H28N2O3/c1-15-5-4-6-21(16(15)2)28-14-13-22(26)24-17(3)18-9-11-20(12-10-18)25-23(27)19-7-8-19/h4-6,9-12,17,19H,7-8,13-14H2,1-3H3,(H,24,26)(H,25,27). The molecule has 0 radical (unpaired) electrons. The van der Waals surface area contributed by atoms with Crippen molar-refractivity contribution in [3.8, 4) is 5.75 Å². The third-order valence-electron chi connectivity index (χ3n) is 5.15. The summed E-state index contributed by atoms with van der Waals surface area (Å²) in [5, 5.41) is 5.91. The lowest BCUT2D eigenvalue weighted by Crippen LogP contribution is -2.27. The summed E-state index contributed by atoms with van der Waals surface area (Å²) in [4.78, 5) is 24.0. The van der Waals surface area contributed by atoms with Gasteiger partial charge in [-0.1, -0.05) is 24.3 Å². The Balaban J connectivity index is 1.44. The molecule has 2 N–H and O–H groups in total. The zero-order valence-electron chi connectivity index (χ0n) is 16.7. The van der Waals surface area contributed by atoms with Gasteiger partial charge in [-0.05, 0) is 68.5 Å². The van der Waals surface area contributed by atoms with Gasteiger partial charge in [-0.3, -0.25) is 9.59 Å². The van der Waals surface area contributed by atoms with Crippen LogP contribution < -0.4 is 15.4 Å². The second-order valence-corrected chi connectivity index (χ2v) is 7.47. The number of carbonyl (C=O) groups excluding carboxylic acids is 2. The minimum atomic E-state index is -0.110. The highest BCUT2D eigenvalue weighted by Gasteiger charge is 2.29. The monoisotopic (exact) mass is 380 g/mol. The van der Waals surface area contributed by atoms with E-state index in [9.17, 15) is 9.59 Å². The Bertz CT molecular complexity index is 841. The van der Waals surface area contributed by atoms with Crippen molar-refractivity contribution in [1.82, 2.24) is 5.32 Å². The first-order valence-electron chi connectivity index (χ1n) is 9.83. The van der Waals surface area contributed by atoms with Gasteiger partial charge in [0.25, 0.3) is 0 Å². The Hall–Kier alpha value is -2.82. The molecule has 2 aromatic rings. The smallest absolute Gasteiger partial charge is 0.227 e. The van der Waals surface area contributed by atoms with E-state index in [1.165, 1.54) is 5.56 Å². The Morgan fingerprint density at radius 1 is 1.11 bits per heavy atom. The van der Waals surface area contributed by atoms with Crippen molar-refractivity contribution in [3.05, 3.63) is 59.2 Å². The highest BCUT2D eigenvalue weighted by atomic mass is 16.5. The second-order valence-electron chi connectivity index (χ2n) is 7.47. The van der Waals surface area contributed by atoms with Crippen molar-refractivity contribution in [1.29, 1.82) is 0 Å². The second kappa shape index (κ2) is 8.91. The predicted molar refractivity (Wildman–Crippen MR) is 110 cm³/mol. The highest BCUT2D eigenvalue weighted by Crippen LogP contribution is 2.30. The lowest BCUT2D eigenvalue weighted by molar-refractivity contribution is -0.122. The predicted octanol–water partition coefficient (Wildman–Crippen LogP) is 4.30. The molecule has 1 saturated carbocycles. The Morgan fingerprint density at radius 2 is 1.82 bits per heavy atom. The molecule has 1 fully saturated rings. The number of hydrogen-bond donors (Lipinski definition) is 2.